The highest BCUT2D eigenvalue weighted by Gasteiger charge is 2.14. The first-order valence-corrected chi connectivity index (χ1v) is 5.86. The van der Waals surface area contributed by atoms with Gasteiger partial charge in [-0.05, 0) is 38.7 Å². The Hall–Kier alpha value is -0.320. The fourth-order valence-electron chi connectivity index (χ4n) is 1.51. The van der Waals surface area contributed by atoms with Gasteiger partial charge in [0, 0.05) is 6.04 Å². The van der Waals surface area contributed by atoms with Crippen molar-refractivity contribution in [1.82, 2.24) is 10.3 Å². The van der Waals surface area contributed by atoms with E-state index in [4.69, 9.17) is 29.0 Å². The largest absolute Gasteiger partial charge is 0.309 e. The van der Waals surface area contributed by atoms with Gasteiger partial charge in [-0.25, -0.2) is 0 Å². The molecule has 1 atom stereocenters. The summed E-state index contributed by atoms with van der Waals surface area (Å²) in [6.07, 6.45) is 0.879. The molecule has 0 amide bonds. The monoisotopic (exact) mass is 261 g/mol. The van der Waals surface area contributed by atoms with Crippen molar-refractivity contribution in [1.29, 1.82) is 0 Å². The van der Waals surface area contributed by atoms with E-state index in [2.05, 4.69) is 10.3 Å². The van der Waals surface area contributed by atoms with Crippen LogP contribution in [0.2, 0.25) is 10.0 Å². The zero-order valence-electron chi connectivity index (χ0n) is 9.50. The summed E-state index contributed by atoms with van der Waals surface area (Å²) in [7, 11) is 4.04. The molecule has 1 aromatic rings. The minimum Gasteiger partial charge on any atom is -0.309 e. The highest BCUT2D eigenvalue weighted by atomic mass is 35.5. The van der Waals surface area contributed by atoms with E-state index < -0.39 is 0 Å². The van der Waals surface area contributed by atoms with Crippen LogP contribution in [-0.4, -0.2) is 25.5 Å². The van der Waals surface area contributed by atoms with Crippen LogP contribution in [0.3, 0.4) is 0 Å². The minimum absolute atomic E-state index is 0.0219. The van der Waals surface area contributed by atoms with E-state index >= 15 is 0 Å². The normalized spacial score (nSPS) is 13.1. The number of hydrogen-bond donors (Lipinski definition) is 2. The van der Waals surface area contributed by atoms with Crippen LogP contribution >= 0.6 is 23.2 Å². The second-order valence-electron chi connectivity index (χ2n) is 3.95. The van der Waals surface area contributed by atoms with Crippen molar-refractivity contribution in [3.63, 3.8) is 0 Å². The molecule has 0 aliphatic rings. The molecule has 90 valence electrons. The van der Waals surface area contributed by atoms with Gasteiger partial charge in [0.25, 0.3) is 0 Å². The fraction of sp³-hybridized carbons (Fsp3) is 0.455. The van der Waals surface area contributed by atoms with Gasteiger partial charge in [0.2, 0.25) is 0 Å². The first-order chi connectivity index (χ1) is 7.56. The van der Waals surface area contributed by atoms with Crippen molar-refractivity contribution in [2.24, 2.45) is 5.84 Å². The van der Waals surface area contributed by atoms with Crippen molar-refractivity contribution in [3.8, 4) is 0 Å². The van der Waals surface area contributed by atoms with Crippen LogP contribution in [-0.2, 0) is 0 Å². The van der Waals surface area contributed by atoms with Crippen LogP contribution in [0.5, 0.6) is 0 Å². The molecule has 0 spiro atoms. The summed E-state index contributed by atoms with van der Waals surface area (Å²) < 4.78 is 0. The number of nitrogens with zero attached hydrogens (tertiary/aromatic N) is 1. The van der Waals surface area contributed by atoms with Crippen molar-refractivity contribution in [3.05, 3.63) is 33.8 Å². The Bertz CT molecular complexity index is 342. The quantitative estimate of drug-likeness (QED) is 0.632. The van der Waals surface area contributed by atoms with E-state index in [1.165, 1.54) is 0 Å². The van der Waals surface area contributed by atoms with E-state index in [0.29, 0.717) is 10.0 Å². The van der Waals surface area contributed by atoms with Crippen LogP contribution < -0.4 is 11.3 Å². The van der Waals surface area contributed by atoms with Crippen LogP contribution in [0.4, 0.5) is 0 Å². The molecule has 3 N–H and O–H groups in total. The van der Waals surface area contributed by atoms with Gasteiger partial charge in [-0.1, -0.05) is 35.3 Å². The fourth-order valence-corrected chi connectivity index (χ4v) is 1.95. The number of hydrogen-bond acceptors (Lipinski definition) is 3. The topological polar surface area (TPSA) is 41.3 Å². The lowest BCUT2D eigenvalue weighted by Crippen LogP contribution is -2.30. The molecule has 0 aromatic heterocycles. The number of halogens is 2. The molecule has 5 heteroatoms. The zero-order chi connectivity index (χ0) is 12.1. The van der Waals surface area contributed by atoms with Crippen LogP contribution in [0.15, 0.2) is 18.2 Å². The van der Waals surface area contributed by atoms with Crippen molar-refractivity contribution in [2.45, 2.75) is 12.5 Å². The standard InChI is InChI=1S/C11H17Cl2N3/c1-16(2)7-6-10(15-14)8-4-3-5-9(12)11(8)13/h3-5,10,15H,6-7,14H2,1-2H3. The average Bonchev–Trinajstić information content (AvgIpc) is 2.24. The summed E-state index contributed by atoms with van der Waals surface area (Å²) in [5.41, 5.74) is 3.72. The molecule has 16 heavy (non-hydrogen) atoms. The molecule has 1 rings (SSSR count). The highest BCUT2D eigenvalue weighted by molar-refractivity contribution is 6.42. The summed E-state index contributed by atoms with van der Waals surface area (Å²) in [6, 6.07) is 5.61. The van der Waals surface area contributed by atoms with E-state index in [-0.39, 0.29) is 6.04 Å². The van der Waals surface area contributed by atoms with E-state index in [1.54, 1.807) is 6.07 Å². The third-order valence-corrected chi connectivity index (χ3v) is 3.26. The maximum atomic E-state index is 6.14. The van der Waals surface area contributed by atoms with Crippen LogP contribution in [0.25, 0.3) is 0 Å². The molecule has 3 nitrogen and oxygen atoms in total. The number of rotatable bonds is 5. The van der Waals surface area contributed by atoms with Gasteiger partial charge in [-0.2, -0.15) is 0 Å². The Labute approximate surface area is 106 Å². The summed E-state index contributed by atoms with van der Waals surface area (Å²) in [4.78, 5) is 2.10. The predicted molar refractivity (Wildman–Crippen MR) is 69.7 cm³/mol. The number of benzene rings is 1. The third kappa shape index (κ3) is 3.61. The summed E-state index contributed by atoms with van der Waals surface area (Å²) in [6.45, 7) is 0.928. The minimum atomic E-state index is 0.0219. The number of hydrazine groups is 1. The summed E-state index contributed by atoms with van der Waals surface area (Å²) in [5, 5.41) is 1.13. The van der Waals surface area contributed by atoms with Gasteiger partial charge in [-0.3, -0.25) is 11.3 Å². The molecule has 0 bridgehead atoms. The van der Waals surface area contributed by atoms with Crippen molar-refractivity contribution < 1.29 is 0 Å². The second-order valence-corrected chi connectivity index (χ2v) is 4.74. The first kappa shape index (κ1) is 13.7. The smallest absolute Gasteiger partial charge is 0.0640 e. The van der Waals surface area contributed by atoms with Crippen molar-refractivity contribution >= 4 is 23.2 Å². The maximum absolute atomic E-state index is 6.14. The third-order valence-electron chi connectivity index (χ3n) is 2.42. The lowest BCUT2D eigenvalue weighted by molar-refractivity contribution is 0.363. The van der Waals surface area contributed by atoms with Gasteiger partial charge in [0.05, 0.1) is 10.0 Å². The molecule has 0 aliphatic carbocycles. The summed E-state index contributed by atoms with van der Waals surface area (Å²) >= 11 is 12.1. The Kier molecular flexibility index (Phi) is 5.52. The van der Waals surface area contributed by atoms with Gasteiger partial charge in [0.1, 0.15) is 0 Å². The maximum Gasteiger partial charge on any atom is 0.0640 e. The second kappa shape index (κ2) is 6.42. The van der Waals surface area contributed by atoms with Gasteiger partial charge in [0.15, 0.2) is 0 Å². The van der Waals surface area contributed by atoms with Crippen LogP contribution in [0, 0.1) is 0 Å². The lowest BCUT2D eigenvalue weighted by Gasteiger charge is -2.20. The molecular weight excluding hydrogens is 245 g/mol. The molecular formula is C11H17Cl2N3. The van der Waals surface area contributed by atoms with Gasteiger partial charge < -0.3 is 4.90 Å². The number of nitrogens with two attached hydrogens (primary N) is 1. The van der Waals surface area contributed by atoms with Crippen LogP contribution in [0.1, 0.15) is 18.0 Å². The average molecular weight is 262 g/mol. The van der Waals surface area contributed by atoms with Crippen molar-refractivity contribution in [2.75, 3.05) is 20.6 Å². The SMILES string of the molecule is CN(C)CCC(NN)c1cccc(Cl)c1Cl. The lowest BCUT2D eigenvalue weighted by atomic mass is 10.0. The molecule has 0 fully saturated rings. The molecule has 0 saturated carbocycles. The van der Waals surface area contributed by atoms with E-state index in [9.17, 15) is 0 Å². The van der Waals surface area contributed by atoms with E-state index in [1.807, 2.05) is 26.2 Å². The summed E-state index contributed by atoms with van der Waals surface area (Å²) in [5.74, 6) is 5.54. The van der Waals surface area contributed by atoms with Gasteiger partial charge >= 0.3 is 0 Å². The molecule has 0 radical (unpaired) electrons. The Morgan fingerprint density at radius 1 is 1.38 bits per heavy atom. The molecule has 1 aromatic carbocycles. The molecule has 1 unspecified atom stereocenters. The molecule has 0 aliphatic heterocycles. The van der Waals surface area contributed by atoms with E-state index in [0.717, 1.165) is 18.5 Å². The first-order valence-electron chi connectivity index (χ1n) is 5.11. The number of nitrogens with one attached hydrogen (secondary N) is 1. The highest BCUT2D eigenvalue weighted by Crippen LogP contribution is 2.30. The van der Waals surface area contributed by atoms with Gasteiger partial charge in [-0.15, -0.1) is 0 Å². The molecule has 0 saturated heterocycles. The Balaban J connectivity index is 2.82. The Morgan fingerprint density at radius 3 is 2.62 bits per heavy atom. The predicted octanol–water partition coefficient (Wildman–Crippen LogP) is 2.45. The zero-order valence-corrected chi connectivity index (χ0v) is 11.0. The molecule has 0 heterocycles. The Morgan fingerprint density at radius 2 is 2.06 bits per heavy atom.